The van der Waals surface area contributed by atoms with Crippen molar-refractivity contribution >= 4 is 6.72 Å². The van der Waals surface area contributed by atoms with Gasteiger partial charge in [-0.2, -0.15) is 0 Å². The predicted octanol–water partition coefficient (Wildman–Crippen LogP) is 0.425. The molecule has 0 aromatic carbocycles. The van der Waals surface area contributed by atoms with Gasteiger partial charge in [0.15, 0.2) is 13.1 Å². The minimum absolute atomic E-state index is 1.14. The van der Waals surface area contributed by atoms with Crippen molar-refractivity contribution in [3.63, 3.8) is 0 Å². The SMILES string of the molecule is C=[N+]1CCN(CCC)CC1. The van der Waals surface area contributed by atoms with Crippen molar-refractivity contribution in [2.75, 3.05) is 32.7 Å². The Hall–Kier alpha value is -0.370. The van der Waals surface area contributed by atoms with Gasteiger partial charge in [-0.15, -0.1) is 0 Å². The predicted molar refractivity (Wildman–Crippen MR) is 43.8 cm³/mol. The van der Waals surface area contributed by atoms with Crippen LogP contribution in [0.15, 0.2) is 0 Å². The molecule has 0 atom stereocenters. The van der Waals surface area contributed by atoms with E-state index < -0.39 is 0 Å². The van der Waals surface area contributed by atoms with Crippen LogP contribution in [0.5, 0.6) is 0 Å². The van der Waals surface area contributed by atoms with Gasteiger partial charge in [0.05, 0.1) is 13.1 Å². The molecule has 0 unspecified atom stereocenters. The van der Waals surface area contributed by atoms with Gasteiger partial charge < -0.3 is 0 Å². The Balaban J connectivity index is 2.19. The monoisotopic (exact) mass is 141 g/mol. The summed E-state index contributed by atoms with van der Waals surface area (Å²) in [6.07, 6.45) is 1.27. The molecule has 0 amide bonds. The van der Waals surface area contributed by atoms with Crippen molar-refractivity contribution < 1.29 is 4.58 Å². The topological polar surface area (TPSA) is 6.25 Å². The Morgan fingerprint density at radius 1 is 1.40 bits per heavy atom. The van der Waals surface area contributed by atoms with Gasteiger partial charge in [0.25, 0.3) is 0 Å². The molecule has 1 aliphatic rings. The van der Waals surface area contributed by atoms with Gasteiger partial charge in [-0.25, -0.2) is 4.58 Å². The molecule has 1 saturated heterocycles. The van der Waals surface area contributed by atoms with E-state index in [0.29, 0.717) is 0 Å². The largest absolute Gasteiger partial charge is 0.291 e. The minimum atomic E-state index is 1.14. The molecule has 2 heteroatoms. The summed E-state index contributed by atoms with van der Waals surface area (Å²) in [5, 5.41) is 0. The number of rotatable bonds is 2. The highest BCUT2D eigenvalue weighted by Gasteiger charge is 2.14. The molecule has 10 heavy (non-hydrogen) atoms. The number of hydrogen-bond donors (Lipinski definition) is 0. The Morgan fingerprint density at radius 2 is 2.00 bits per heavy atom. The zero-order valence-corrected chi connectivity index (χ0v) is 6.84. The van der Waals surface area contributed by atoms with Crippen molar-refractivity contribution in [1.82, 2.24) is 4.90 Å². The van der Waals surface area contributed by atoms with E-state index in [4.69, 9.17) is 0 Å². The maximum absolute atomic E-state index is 3.90. The van der Waals surface area contributed by atoms with Crippen molar-refractivity contribution in [3.05, 3.63) is 0 Å². The van der Waals surface area contributed by atoms with Crippen LogP contribution in [0.4, 0.5) is 0 Å². The molecule has 1 rings (SSSR count). The number of piperazine rings is 1. The Bertz CT molecular complexity index is 110. The molecule has 0 spiro atoms. The lowest BCUT2D eigenvalue weighted by Gasteiger charge is -2.23. The van der Waals surface area contributed by atoms with Crippen LogP contribution < -0.4 is 0 Å². The van der Waals surface area contributed by atoms with Crippen LogP contribution in [0.1, 0.15) is 13.3 Å². The lowest BCUT2D eigenvalue weighted by atomic mass is 10.3. The first-order valence-electron chi connectivity index (χ1n) is 4.10. The molecule has 2 nitrogen and oxygen atoms in total. The third-order valence-electron chi connectivity index (χ3n) is 2.00. The molecule has 1 heterocycles. The maximum atomic E-state index is 3.90. The van der Waals surface area contributed by atoms with Gasteiger partial charge >= 0.3 is 0 Å². The van der Waals surface area contributed by atoms with Crippen LogP contribution in [-0.2, 0) is 0 Å². The average molecular weight is 141 g/mol. The van der Waals surface area contributed by atoms with Crippen LogP contribution in [0, 0.1) is 0 Å². The summed E-state index contributed by atoms with van der Waals surface area (Å²) in [6.45, 7) is 12.1. The van der Waals surface area contributed by atoms with Crippen LogP contribution in [0.3, 0.4) is 0 Å². The first-order valence-corrected chi connectivity index (χ1v) is 4.10. The average Bonchev–Trinajstić information content (AvgIpc) is 1.95. The van der Waals surface area contributed by atoms with Crippen LogP contribution in [0.2, 0.25) is 0 Å². The molecular formula is C8H17N2+. The van der Waals surface area contributed by atoms with Crippen LogP contribution >= 0.6 is 0 Å². The molecule has 1 fully saturated rings. The summed E-state index contributed by atoms with van der Waals surface area (Å²) in [5.74, 6) is 0. The fraction of sp³-hybridized carbons (Fsp3) is 0.875. The summed E-state index contributed by atoms with van der Waals surface area (Å²) < 4.78 is 2.14. The summed E-state index contributed by atoms with van der Waals surface area (Å²) in [6, 6.07) is 0. The molecule has 58 valence electrons. The molecule has 0 radical (unpaired) electrons. The fourth-order valence-corrected chi connectivity index (χ4v) is 1.33. The molecule has 0 aromatic heterocycles. The van der Waals surface area contributed by atoms with Gasteiger partial charge in [0.2, 0.25) is 0 Å². The first-order chi connectivity index (χ1) is 4.83. The number of nitrogens with zero attached hydrogens (tertiary/aromatic N) is 2. The van der Waals surface area contributed by atoms with E-state index in [1.54, 1.807) is 0 Å². The third-order valence-corrected chi connectivity index (χ3v) is 2.00. The minimum Gasteiger partial charge on any atom is -0.291 e. The van der Waals surface area contributed by atoms with E-state index in [-0.39, 0.29) is 0 Å². The molecule has 0 aliphatic carbocycles. The van der Waals surface area contributed by atoms with Crippen molar-refractivity contribution in [1.29, 1.82) is 0 Å². The van der Waals surface area contributed by atoms with Gasteiger partial charge in [0.1, 0.15) is 6.72 Å². The highest BCUT2D eigenvalue weighted by atomic mass is 15.2. The molecule has 0 N–H and O–H groups in total. The summed E-state index contributed by atoms with van der Waals surface area (Å²) >= 11 is 0. The second kappa shape index (κ2) is 3.71. The van der Waals surface area contributed by atoms with Gasteiger partial charge in [-0.05, 0) is 13.0 Å². The van der Waals surface area contributed by atoms with E-state index >= 15 is 0 Å². The summed E-state index contributed by atoms with van der Waals surface area (Å²) in [4.78, 5) is 2.50. The van der Waals surface area contributed by atoms with E-state index in [1.165, 1.54) is 26.1 Å². The third kappa shape index (κ3) is 2.10. The smallest absolute Gasteiger partial charge is 0.154 e. The van der Waals surface area contributed by atoms with Crippen LogP contribution in [-0.4, -0.2) is 48.9 Å². The number of hydrogen-bond acceptors (Lipinski definition) is 1. The van der Waals surface area contributed by atoms with Crippen molar-refractivity contribution in [2.24, 2.45) is 0 Å². The summed E-state index contributed by atoms with van der Waals surface area (Å²) in [5.41, 5.74) is 0. The normalized spacial score (nSPS) is 21.5. The molecule has 0 aromatic rings. The van der Waals surface area contributed by atoms with Crippen molar-refractivity contribution in [3.8, 4) is 0 Å². The van der Waals surface area contributed by atoms with E-state index in [0.717, 1.165) is 13.1 Å². The fourth-order valence-electron chi connectivity index (χ4n) is 1.33. The van der Waals surface area contributed by atoms with E-state index in [9.17, 15) is 0 Å². The second-order valence-electron chi connectivity index (χ2n) is 2.96. The van der Waals surface area contributed by atoms with Gasteiger partial charge in [-0.3, -0.25) is 4.90 Å². The summed E-state index contributed by atoms with van der Waals surface area (Å²) in [7, 11) is 0. The van der Waals surface area contributed by atoms with Gasteiger partial charge in [-0.1, -0.05) is 6.92 Å². The standard InChI is InChI=1S/C8H17N2/c1-3-4-10-7-5-9(2)6-8-10/h2-8H2,1H3/q+1. The van der Waals surface area contributed by atoms with Crippen LogP contribution in [0.25, 0.3) is 0 Å². The van der Waals surface area contributed by atoms with E-state index in [1.807, 2.05) is 0 Å². The Kier molecular flexibility index (Phi) is 2.87. The zero-order chi connectivity index (χ0) is 7.40. The van der Waals surface area contributed by atoms with E-state index in [2.05, 4.69) is 23.1 Å². The first kappa shape index (κ1) is 7.73. The Morgan fingerprint density at radius 3 is 2.50 bits per heavy atom. The maximum Gasteiger partial charge on any atom is 0.154 e. The highest BCUT2D eigenvalue weighted by Crippen LogP contribution is 1.95. The quantitative estimate of drug-likeness (QED) is 0.505. The van der Waals surface area contributed by atoms with Gasteiger partial charge in [0, 0.05) is 0 Å². The molecular weight excluding hydrogens is 124 g/mol. The zero-order valence-electron chi connectivity index (χ0n) is 6.84. The lowest BCUT2D eigenvalue weighted by molar-refractivity contribution is -0.531. The molecule has 1 aliphatic heterocycles. The lowest BCUT2D eigenvalue weighted by Crippen LogP contribution is -2.41. The highest BCUT2D eigenvalue weighted by molar-refractivity contribution is 5.14. The molecule has 0 saturated carbocycles. The second-order valence-corrected chi connectivity index (χ2v) is 2.96. The molecule has 0 bridgehead atoms. The van der Waals surface area contributed by atoms with Crippen molar-refractivity contribution in [2.45, 2.75) is 13.3 Å². The Labute approximate surface area is 63.2 Å².